The summed E-state index contributed by atoms with van der Waals surface area (Å²) in [5, 5.41) is 9.78. The second-order valence-corrected chi connectivity index (χ2v) is 5.55. The van der Waals surface area contributed by atoms with Crippen LogP contribution >= 0.6 is 11.6 Å². The molecule has 96 valence electrons. The fourth-order valence-electron chi connectivity index (χ4n) is 1.77. The third-order valence-corrected chi connectivity index (χ3v) is 2.91. The van der Waals surface area contributed by atoms with Crippen LogP contribution in [0.1, 0.15) is 37.9 Å². The molecule has 17 heavy (non-hydrogen) atoms. The van der Waals surface area contributed by atoms with Crippen molar-refractivity contribution < 1.29 is 9.84 Å². The van der Waals surface area contributed by atoms with Crippen molar-refractivity contribution >= 4 is 11.6 Å². The van der Waals surface area contributed by atoms with E-state index in [1.165, 1.54) is 0 Å². The molecule has 4 heteroatoms. The minimum Gasteiger partial charge on any atom is -0.496 e. The number of aliphatic hydroxyl groups is 1. The van der Waals surface area contributed by atoms with E-state index in [2.05, 4.69) is 20.8 Å². The zero-order valence-electron chi connectivity index (χ0n) is 10.7. The number of aliphatic hydroxyl groups excluding tert-OH is 1. The second-order valence-electron chi connectivity index (χ2n) is 5.11. The third kappa shape index (κ3) is 3.12. The third-order valence-electron chi connectivity index (χ3n) is 2.69. The van der Waals surface area contributed by atoms with Crippen LogP contribution in [0.4, 0.5) is 0 Å². The first-order valence-electron chi connectivity index (χ1n) is 5.55. The highest BCUT2D eigenvalue weighted by Gasteiger charge is 2.24. The lowest BCUT2D eigenvalue weighted by atomic mass is 9.84. The highest BCUT2D eigenvalue weighted by Crippen LogP contribution is 2.38. The van der Waals surface area contributed by atoms with Gasteiger partial charge >= 0.3 is 0 Å². The molecule has 3 nitrogen and oxygen atoms in total. The lowest BCUT2D eigenvalue weighted by Crippen LogP contribution is -2.19. The molecule has 0 spiro atoms. The predicted molar refractivity (Wildman–Crippen MR) is 70.7 cm³/mol. The zero-order valence-corrected chi connectivity index (χ0v) is 11.5. The standard InChI is InChI=1S/C13H20ClNO2/c1-13(2,3)10-6-8(14)5-9(11(15)7-16)12(10)17-4/h5-6,11,16H,7,15H2,1-4H3. The van der Waals surface area contributed by atoms with E-state index >= 15 is 0 Å². The molecule has 0 saturated heterocycles. The summed E-state index contributed by atoms with van der Waals surface area (Å²) < 4.78 is 5.43. The van der Waals surface area contributed by atoms with Gasteiger partial charge in [0.2, 0.25) is 0 Å². The molecule has 0 heterocycles. The summed E-state index contributed by atoms with van der Waals surface area (Å²) in [6.07, 6.45) is 0. The first-order chi connectivity index (χ1) is 7.81. The van der Waals surface area contributed by atoms with Crippen molar-refractivity contribution in [3.8, 4) is 5.75 Å². The number of hydrogen-bond donors (Lipinski definition) is 2. The van der Waals surface area contributed by atoms with E-state index in [1.54, 1.807) is 13.2 Å². The van der Waals surface area contributed by atoms with E-state index in [4.69, 9.17) is 27.2 Å². The Labute approximate surface area is 108 Å². The molecule has 1 aromatic carbocycles. The van der Waals surface area contributed by atoms with Gasteiger partial charge in [0.15, 0.2) is 0 Å². The van der Waals surface area contributed by atoms with Gasteiger partial charge in [-0.2, -0.15) is 0 Å². The molecule has 0 fully saturated rings. The number of methoxy groups -OCH3 is 1. The normalized spacial score (nSPS) is 13.6. The summed E-state index contributed by atoms with van der Waals surface area (Å²) in [7, 11) is 1.60. The SMILES string of the molecule is COc1c(C(N)CO)cc(Cl)cc1C(C)(C)C. The molecular weight excluding hydrogens is 238 g/mol. The molecule has 0 amide bonds. The molecule has 0 aliphatic rings. The molecule has 0 aliphatic carbocycles. The topological polar surface area (TPSA) is 55.5 Å². The quantitative estimate of drug-likeness (QED) is 0.875. The number of halogens is 1. The summed E-state index contributed by atoms with van der Waals surface area (Å²) in [4.78, 5) is 0. The summed E-state index contributed by atoms with van der Waals surface area (Å²) in [5.41, 5.74) is 7.50. The van der Waals surface area contributed by atoms with Crippen molar-refractivity contribution in [2.45, 2.75) is 32.2 Å². The average Bonchev–Trinajstić information content (AvgIpc) is 2.25. The Morgan fingerprint density at radius 1 is 1.41 bits per heavy atom. The molecular formula is C13H20ClNO2. The number of ether oxygens (including phenoxy) is 1. The lowest BCUT2D eigenvalue weighted by Gasteiger charge is -2.25. The smallest absolute Gasteiger partial charge is 0.127 e. The Morgan fingerprint density at radius 3 is 2.41 bits per heavy atom. The number of benzene rings is 1. The van der Waals surface area contributed by atoms with E-state index in [-0.39, 0.29) is 12.0 Å². The van der Waals surface area contributed by atoms with Crippen LogP contribution in [0.25, 0.3) is 0 Å². The van der Waals surface area contributed by atoms with E-state index in [0.717, 1.165) is 11.1 Å². The van der Waals surface area contributed by atoms with Gasteiger partial charge in [0, 0.05) is 16.1 Å². The van der Waals surface area contributed by atoms with Gasteiger partial charge < -0.3 is 15.6 Å². The van der Waals surface area contributed by atoms with Crippen molar-refractivity contribution in [3.63, 3.8) is 0 Å². The van der Waals surface area contributed by atoms with Gasteiger partial charge in [0.25, 0.3) is 0 Å². The molecule has 1 unspecified atom stereocenters. The summed E-state index contributed by atoms with van der Waals surface area (Å²) in [6.45, 7) is 6.10. The average molecular weight is 258 g/mol. The van der Waals surface area contributed by atoms with Crippen LogP contribution in [0.3, 0.4) is 0 Å². The highest BCUT2D eigenvalue weighted by atomic mass is 35.5. The molecule has 0 bridgehead atoms. The lowest BCUT2D eigenvalue weighted by molar-refractivity contribution is 0.264. The summed E-state index contributed by atoms with van der Waals surface area (Å²) >= 11 is 6.09. The first kappa shape index (κ1) is 14.3. The molecule has 1 rings (SSSR count). The van der Waals surface area contributed by atoms with Crippen molar-refractivity contribution in [2.24, 2.45) is 5.73 Å². The van der Waals surface area contributed by atoms with E-state index < -0.39 is 6.04 Å². The maximum Gasteiger partial charge on any atom is 0.127 e. The molecule has 0 aromatic heterocycles. The van der Waals surface area contributed by atoms with E-state index in [1.807, 2.05) is 6.07 Å². The van der Waals surface area contributed by atoms with Crippen LogP contribution in [0.2, 0.25) is 5.02 Å². The zero-order chi connectivity index (χ0) is 13.2. The Balaban J connectivity index is 3.46. The Morgan fingerprint density at radius 2 is 2.00 bits per heavy atom. The molecule has 0 saturated carbocycles. The minimum atomic E-state index is -0.482. The molecule has 1 atom stereocenters. The van der Waals surface area contributed by atoms with Gasteiger partial charge in [0.1, 0.15) is 5.75 Å². The van der Waals surface area contributed by atoms with E-state index in [0.29, 0.717) is 10.8 Å². The predicted octanol–water partition coefficient (Wildman–Crippen LogP) is 2.64. The largest absolute Gasteiger partial charge is 0.496 e. The highest BCUT2D eigenvalue weighted by molar-refractivity contribution is 6.30. The molecule has 0 aliphatic heterocycles. The van der Waals surface area contributed by atoms with Gasteiger partial charge in [-0.3, -0.25) is 0 Å². The minimum absolute atomic E-state index is 0.0971. The fourth-order valence-corrected chi connectivity index (χ4v) is 2.00. The summed E-state index contributed by atoms with van der Waals surface area (Å²) in [5.74, 6) is 0.712. The van der Waals surface area contributed by atoms with Crippen molar-refractivity contribution in [2.75, 3.05) is 13.7 Å². The van der Waals surface area contributed by atoms with Crippen LogP contribution in [0.15, 0.2) is 12.1 Å². The van der Waals surface area contributed by atoms with Crippen molar-refractivity contribution in [3.05, 3.63) is 28.3 Å². The van der Waals surface area contributed by atoms with E-state index in [9.17, 15) is 0 Å². The number of rotatable bonds is 3. The maximum absolute atomic E-state index is 9.17. The van der Waals surface area contributed by atoms with Gasteiger partial charge in [-0.25, -0.2) is 0 Å². The van der Waals surface area contributed by atoms with Crippen molar-refractivity contribution in [1.82, 2.24) is 0 Å². The fraction of sp³-hybridized carbons (Fsp3) is 0.538. The number of nitrogens with two attached hydrogens (primary N) is 1. The van der Waals surface area contributed by atoms with Crippen LogP contribution in [-0.4, -0.2) is 18.8 Å². The van der Waals surface area contributed by atoms with Gasteiger partial charge in [-0.15, -0.1) is 0 Å². The second kappa shape index (κ2) is 5.25. The first-order valence-corrected chi connectivity index (χ1v) is 5.93. The van der Waals surface area contributed by atoms with Crippen molar-refractivity contribution in [1.29, 1.82) is 0 Å². The Hall–Kier alpha value is -0.770. The van der Waals surface area contributed by atoms with Gasteiger partial charge in [-0.05, 0) is 17.5 Å². The Kier molecular flexibility index (Phi) is 4.42. The van der Waals surface area contributed by atoms with Crippen LogP contribution < -0.4 is 10.5 Å². The van der Waals surface area contributed by atoms with Gasteiger partial charge in [0.05, 0.1) is 19.8 Å². The maximum atomic E-state index is 9.17. The van der Waals surface area contributed by atoms with Gasteiger partial charge in [-0.1, -0.05) is 32.4 Å². The monoisotopic (exact) mass is 257 g/mol. The van der Waals surface area contributed by atoms with Crippen LogP contribution in [-0.2, 0) is 5.41 Å². The molecule has 3 N–H and O–H groups in total. The Bertz CT molecular complexity index is 399. The summed E-state index contributed by atoms with van der Waals surface area (Å²) in [6, 6.07) is 3.15. The molecule has 1 aromatic rings. The number of hydrogen-bond acceptors (Lipinski definition) is 3. The molecule has 0 radical (unpaired) electrons. The van der Waals surface area contributed by atoms with Crippen LogP contribution in [0.5, 0.6) is 5.75 Å². The van der Waals surface area contributed by atoms with Crippen LogP contribution in [0, 0.1) is 0 Å².